The van der Waals surface area contributed by atoms with E-state index in [1.54, 1.807) is 36.1 Å². The summed E-state index contributed by atoms with van der Waals surface area (Å²) in [7, 11) is -3.26. The second kappa shape index (κ2) is 10.1. The van der Waals surface area contributed by atoms with Gasteiger partial charge in [0.2, 0.25) is 0 Å². The Morgan fingerprint density at radius 2 is 1.94 bits per heavy atom. The van der Waals surface area contributed by atoms with Crippen LogP contribution in [0.5, 0.6) is 5.88 Å². The molecule has 1 atom stereocenters. The number of benzene rings is 1. The second-order valence-corrected chi connectivity index (χ2v) is 11.7. The number of amides is 1. The molecule has 9 nitrogen and oxygen atoms in total. The molecule has 0 spiro atoms. The van der Waals surface area contributed by atoms with E-state index in [0.717, 1.165) is 10.6 Å². The molecule has 0 aliphatic carbocycles. The Kier molecular flexibility index (Phi) is 7.52. The number of carbonyl (C=O) groups is 1. The van der Waals surface area contributed by atoms with E-state index in [1.165, 1.54) is 6.33 Å². The van der Waals surface area contributed by atoms with Gasteiger partial charge in [-0.25, -0.2) is 0 Å². The van der Waals surface area contributed by atoms with E-state index in [-0.39, 0.29) is 23.0 Å². The number of nitrogens with zero attached hydrogens (tertiary/aromatic N) is 4. The molecule has 1 unspecified atom stereocenters. The Bertz CT molecular complexity index is 1080. The molecule has 1 aromatic carbocycles. The molecule has 1 saturated heterocycles. The first kappa shape index (κ1) is 23.0. The van der Waals surface area contributed by atoms with Crippen LogP contribution in [-0.2, 0) is 14.6 Å². The zero-order chi connectivity index (χ0) is 22.4. The van der Waals surface area contributed by atoms with Crippen molar-refractivity contribution in [1.29, 1.82) is 5.26 Å². The van der Waals surface area contributed by atoms with Crippen molar-refractivity contribution in [1.82, 2.24) is 14.9 Å². The van der Waals surface area contributed by atoms with Crippen LogP contribution in [0.4, 0.5) is 4.79 Å². The van der Waals surface area contributed by atoms with E-state index in [2.05, 4.69) is 16.0 Å². The fourth-order valence-electron chi connectivity index (χ4n) is 3.11. The van der Waals surface area contributed by atoms with Crippen LogP contribution in [0.15, 0.2) is 35.5 Å². The van der Waals surface area contributed by atoms with Crippen LogP contribution in [0.1, 0.15) is 25.3 Å². The topological polar surface area (TPSA) is 122 Å². The molecule has 0 saturated carbocycles. The summed E-state index contributed by atoms with van der Waals surface area (Å²) in [6.07, 6.45) is 3.30. The number of carbonyl (C=O) groups excluding carboxylic acids is 1. The summed E-state index contributed by atoms with van der Waals surface area (Å²) >= 11 is -0.988. The van der Waals surface area contributed by atoms with Crippen molar-refractivity contribution in [2.45, 2.75) is 30.8 Å². The molecule has 2 heterocycles. The fourth-order valence-corrected chi connectivity index (χ4v) is 5.87. The van der Waals surface area contributed by atoms with Gasteiger partial charge < -0.3 is 0 Å². The molecule has 1 fully saturated rings. The first-order chi connectivity index (χ1) is 14.8. The Hall–Kier alpha value is -2.63. The molecular weight excluding hydrogens is 483 g/mol. The van der Waals surface area contributed by atoms with Gasteiger partial charge in [-0.2, -0.15) is 0 Å². The third-order valence-corrected chi connectivity index (χ3v) is 8.44. The molecular formula is C20H23AsN4O5S. The zero-order valence-electron chi connectivity index (χ0n) is 17.2. The Morgan fingerprint density at radius 1 is 1.26 bits per heavy atom. The van der Waals surface area contributed by atoms with Crippen molar-refractivity contribution in [3.05, 3.63) is 36.2 Å². The minimum atomic E-state index is -3.26. The summed E-state index contributed by atoms with van der Waals surface area (Å²) < 4.78 is 35.8. The average Bonchev–Trinajstić information content (AvgIpc) is 2.74. The Labute approximate surface area is 188 Å². The van der Waals surface area contributed by atoms with Crippen LogP contribution < -0.4 is 13.6 Å². The van der Waals surface area contributed by atoms with Crippen LogP contribution in [0.3, 0.4) is 0 Å². The van der Waals surface area contributed by atoms with E-state index in [0.29, 0.717) is 42.6 Å². The van der Waals surface area contributed by atoms with Gasteiger partial charge in [0.15, 0.2) is 0 Å². The predicted molar refractivity (Wildman–Crippen MR) is 115 cm³/mol. The third kappa shape index (κ3) is 5.96. The van der Waals surface area contributed by atoms with Gasteiger partial charge in [0.05, 0.1) is 0 Å². The van der Waals surface area contributed by atoms with Crippen LogP contribution >= 0.6 is 0 Å². The van der Waals surface area contributed by atoms with Gasteiger partial charge in [0, 0.05) is 0 Å². The molecule has 0 radical (unpaired) electrons. The number of hydrogen-bond donors (Lipinski definition) is 0. The van der Waals surface area contributed by atoms with Crippen LogP contribution in [0.25, 0.3) is 0 Å². The molecule has 11 heteroatoms. The number of sulfone groups is 1. The number of aromatic nitrogens is 2. The van der Waals surface area contributed by atoms with Crippen molar-refractivity contribution in [2.75, 3.05) is 26.0 Å². The van der Waals surface area contributed by atoms with Gasteiger partial charge in [0.1, 0.15) is 0 Å². The molecule has 1 aromatic heterocycles. The first-order valence-corrected chi connectivity index (χ1v) is 13.7. The van der Waals surface area contributed by atoms with E-state index in [4.69, 9.17) is 9.47 Å². The molecule has 164 valence electrons. The Balaban J connectivity index is 1.69. The predicted octanol–water partition coefficient (Wildman–Crippen LogP) is 0.139. The Morgan fingerprint density at radius 3 is 2.52 bits per heavy atom. The molecule has 1 amide bonds. The monoisotopic (exact) mass is 506 g/mol. The quantitative estimate of drug-likeness (QED) is 0.507. The van der Waals surface area contributed by atoms with Gasteiger partial charge in [-0.3, -0.25) is 0 Å². The van der Waals surface area contributed by atoms with Gasteiger partial charge >= 0.3 is 188 Å². The number of likely N-dealkylation sites (tertiary alicyclic amines) is 1. The van der Waals surface area contributed by atoms with Crippen molar-refractivity contribution in [3.8, 4) is 11.9 Å². The number of rotatable bonds is 6. The molecule has 3 rings (SSSR count). The molecule has 1 aliphatic rings. The number of nitriles is 1. The van der Waals surface area contributed by atoms with Crippen LogP contribution in [-0.4, -0.2) is 77.2 Å². The maximum absolute atomic E-state index is 11.8. The SMILES string of the molecule is CCOC(=O)N1CCC(Oc2ncnc([AsH]c3ccc(S(C)(=O)=O)cc3)c2C#N)CC1. The van der Waals surface area contributed by atoms with Crippen LogP contribution in [0.2, 0.25) is 0 Å². The van der Waals surface area contributed by atoms with E-state index >= 15 is 0 Å². The summed E-state index contributed by atoms with van der Waals surface area (Å²) in [6, 6.07) is 8.80. The molecule has 0 N–H and O–H groups in total. The zero-order valence-corrected chi connectivity index (χ0v) is 20.2. The standard InChI is InChI=1S/C20H23AsN4O5S/c1-3-29-20(26)25-10-8-15(9-11-25)30-19-17(12-22)18(23-13-24-19)21-14-4-6-16(7-5-14)31(2,27)28/h4-7,13,15,21H,3,8-11H2,1-2H3. The van der Waals surface area contributed by atoms with Gasteiger partial charge in [-0.05, 0) is 0 Å². The van der Waals surface area contributed by atoms with Crippen molar-refractivity contribution < 1.29 is 22.7 Å². The van der Waals surface area contributed by atoms with Gasteiger partial charge in [-0.1, -0.05) is 0 Å². The van der Waals surface area contributed by atoms with E-state index in [9.17, 15) is 18.5 Å². The second-order valence-electron chi connectivity index (χ2n) is 6.94. The number of ether oxygens (including phenoxy) is 2. The molecule has 1 aliphatic heterocycles. The van der Waals surface area contributed by atoms with Crippen LogP contribution in [0, 0.1) is 11.3 Å². The summed E-state index contributed by atoms with van der Waals surface area (Å²) in [4.78, 5) is 22.2. The van der Waals surface area contributed by atoms with Crippen molar-refractivity contribution in [3.63, 3.8) is 0 Å². The van der Waals surface area contributed by atoms with E-state index < -0.39 is 25.6 Å². The molecule has 2 aromatic rings. The number of hydrogen-bond acceptors (Lipinski definition) is 8. The average molecular weight is 506 g/mol. The van der Waals surface area contributed by atoms with Crippen molar-refractivity contribution >= 4 is 40.5 Å². The number of piperidine rings is 1. The van der Waals surface area contributed by atoms with Gasteiger partial charge in [0.25, 0.3) is 0 Å². The minimum absolute atomic E-state index is 0.158. The van der Waals surface area contributed by atoms with E-state index in [1.807, 2.05) is 0 Å². The third-order valence-electron chi connectivity index (χ3n) is 4.72. The summed E-state index contributed by atoms with van der Waals surface area (Å²) in [5.74, 6) is 0.249. The van der Waals surface area contributed by atoms with Crippen molar-refractivity contribution in [2.24, 2.45) is 0 Å². The fraction of sp³-hybridized carbons (Fsp3) is 0.400. The summed E-state index contributed by atoms with van der Waals surface area (Å²) in [6.45, 7) is 3.14. The first-order valence-electron chi connectivity index (χ1n) is 9.72. The normalized spacial score (nSPS) is 15.1. The van der Waals surface area contributed by atoms with Gasteiger partial charge in [-0.15, -0.1) is 0 Å². The summed E-state index contributed by atoms with van der Waals surface area (Å²) in [5.41, 5.74) is 0.308. The maximum atomic E-state index is 11.8. The summed E-state index contributed by atoms with van der Waals surface area (Å²) in [5, 5.41) is 9.69. The molecule has 0 bridgehead atoms. The molecule has 31 heavy (non-hydrogen) atoms.